The quantitative estimate of drug-likeness (QED) is 0.826. The summed E-state index contributed by atoms with van der Waals surface area (Å²) in [7, 11) is 0. The van der Waals surface area contributed by atoms with Crippen molar-refractivity contribution in [2.45, 2.75) is 48.9 Å². The summed E-state index contributed by atoms with van der Waals surface area (Å²) in [6.07, 6.45) is 7.62. The van der Waals surface area contributed by atoms with E-state index in [1.165, 1.54) is 24.8 Å². The minimum Gasteiger partial charge on any atom is -0.349 e. The summed E-state index contributed by atoms with van der Waals surface area (Å²) < 4.78 is 0. The Kier molecular flexibility index (Phi) is 5.70. The van der Waals surface area contributed by atoms with Gasteiger partial charge in [0, 0.05) is 18.0 Å². The van der Waals surface area contributed by atoms with Crippen LogP contribution in [0.4, 0.5) is 0 Å². The fraction of sp³-hybridized carbons (Fsp3) is 0.368. The molecule has 1 saturated carbocycles. The zero-order valence-electron chi connectivity index (χ0n) is 13.2. The van der Waals surface area contributed by atoms with Crippen molar-refractivity contribution < 1.29 is 4.79 Å². The predicted octanol–water partition coefficient (Wildman–Crippen LogP) is 4.44. The highest BCUT2D eigenvalue weighted by Crippen LogP contribution is 2.21. The van der Waals surface area contributed by atoms with Gasteiger partial charge in [0.05, 0.1) is 10.6 Å². The number of carbonyl (C=O) groups excluding carboxylic acids is 1. The lowest BCUT2D eigenvalue weighted by Crippen LogP contribution is -2.36. The molecule has 0 unspecified atom stereocenters. The first-order valence-electron chi connectivity index (χ1n) is 8.25. The highest BCUT2D eigenvalue weighted by atomic mass is 32.2. The van der Waals surface area contributed by atoms with E-state index in [1.54, 1.807) is 18.0 Å². The first-order valence-corrected chi connectivity index (χ1v) is 9.23. The maximum absolute atomic E-state index is 12.2. The number of carbonyl (C=O) groups is 1. The van der Waals surface area contributed by atoms with Crippen LogP contribution in [-0.2, 0) is 5.75 Å². The lowest BCUT2D eigenvalue weighted by atomic mass is 9.95. The summed E-state index contributed by atoms with van der Waals surface area (Å²) >= 11 is 1.69. The van der Waals surface area contributed by atoms with E-state index in [4.69, 9.17) is 0 Å². The van der Waals surface area contributed by atoms with Crippen LogP contribution in [0.1, 0.15) is 48.0 Å². The van der Waals surface area contributed by atoms with Gasteiger partial charge in [-0.1, -0.05) is 49.6 Å². The molecule has 0 spiro atoms. The van der Waals surface area contributed by atoms with Crippen molar-refractivity contribution in [2.24, 2.45) is 0 Å². The van der Waals surface area contributed by atoms with E-state index in [1.807, 2.05) is 30.3 Å². The van der Waals surface area contributed by atoms with Gasteiger partial charge in [0.15, 0.2) is 0 Å². The number of hydrogen-bond acceptors (Lipinski definition) is 3. The third-order valence-electron chi connectivity index (χ3n) is 4.17. The number of hydrogen-bond donors (Lipinski definition) is 1. The molecule has 0 atom stereocenters. The Hall–Kier alpha value is -1.81. The third-order valence-corrected chi connectivity index (χ3v) is 5.18. The predicted molar refractivity (Wildman–Crippen MR) is 94.6 cm³/mol. The van der Waals surface area contributed by atoms with Crippen LogP contribution in [0.3, 0.4) is 0 Å². The zero-order valence-corrected chi connectivity index (χ0v) is 14.0. The highest BCUT2D eigenvalue weighted by molar-refractivity contribution is 7.98. The molecule has 1 fully saturated rings. The average Bonchev–Trinajstić information content (AvgIpc) is 2.62. The number of nitrogens with zero attached hydrogens (tertiary/aromatic N) is 1. The number of amides is 1. The monoisotopic (exact) mass is 326 g/mol. The van der Waals surface area contributed by atoms with Crippen LogP contribution in [0, 0.1) is 0 Å². The standard InChI is InChI=1S/C19H22N2OS/c22-19(21-17-9-5-2-6-10-17)16-11-12-18(20-13-16)23-14-15-7-3-1-4-8-15/h1,3-4,7-8,11-13,17H,2,5-6,9-10,14H2,(H,21,22). The van der Waals surface area contributed by atoms with Crippen LogP contribution in [0.25, 0.3) is 0 Å². The molecule has 2 aromatic rings. The fourth-order valence-electron chi connectivity index (χ4n) is 2.85. The SMILES string of the molecule is O=C(NC1CCCCC1)c1ccc(SCc2ccccc2)nc1. The van der Waals surface area contributed by atoms with Gasteiger partial charge in [-0.25, -0.2) is 4.98 Å². The van der Waals surface area contributed by atoms with Crippen LogP contribution in [0.5, 0.6) is 0 Å². The van der Waals surface area contributed by atoms with Crippen molar-refractivity contribution in [1.82, 2.24) is 10.3 Å². The molecule has 1 aliphatic carbocycles. The Morgan fingerprint density at radius 1 is 1.09 bits per heavy atom. The minimum atomic E-state index is 0.00371. The maximum Gasteiger partial charge on any atom is 0.253 e. The van der Waals surface area contributed by atoms with Crippen LogP contribution in [0.2, 0.25) is 0 Å². The normalized spacial score (nSPS) is 15.3. The third kappa shape index (κ3) is 4.83. The van der Waals surface area contributed by atoms with Crippen molar-refractivity contribution in [1.29, 1.82) is 0 Å². The summed E-state index contributed by atoms with van der Waals surface area (Å²) in [4.78, 5) is 16.7. The topological polar surface area (TPSA) is 42.0 Å². The van der Waals surface area contributed by atoms with Crippen molar-refractivity contribution in [3.8, 4) is 0 Å². The second kappa shape index (κ2) is 8.16. The summed E-state index contributed by atoms with van der Waals surface area (Å²) in [6.45, 7) is 0. The summed E-state index contributed by atoms with van der Waals surface area (Å²) in [6, 6.07) is 14.5. The first kappa shape index (κ1) is 16.1. The smallest absolute Gasteiger partial charge is 0.253 e. The summed E-state index contributed by atoms with van der Waals surface area (Å²) in [5, 5.41) is 4.07. The molecule has 1 heterocycles. The highest BCUT2D eigenvalue weighted by Gasteiger charge is 2.16. The molecule has 1 aliphatic rings. The summed E-state index contributed by atoms with van der Waals surface area (Å²) in [5.41, 5.74) is 1.93. The van der Waals surface area contributed by atoms with E-state index in [9.17, 15) is 4.79 Å². The molecule has 0 radical (unpaired) electrons. The maximum atomic E-state index is 12.2. The van der Waals surface area contributed by atoms with E-state index in [-0.39, 0.29) is 5.91 Å². The van der Waals surface area contributed by atoms with E-state index in [0.29, 0.717) is 11.6 Å². The molecule has 1 amide bonds. The number of pyridine rings is 1. The van der Waals surface area contributed by atoms with Gasteiger partial charge in [-0.15, -0.1) is 11.8 Å². The average molecular weight is 326 g/mol. The van der Waals surface area contributed by atoms with E-state index < -0.39 is 0 Å². The number of benzene rings is 1. The molecule has 0 bridgehead atoms. The second-order valence-electron chi connectivity index (χ2n) is 5.97. The molecule has 3 nitrogen and oxygen atoms in total. The Labute approximate surface area is 141 Å². The molecule has 120 valence electrons. The second-order valence-corrected chi connectivity index (χ2v) is 6.96. The molecule has 0 aliphatic heterocycles. The first-order chi connectivity index (χ1) is 11.3. The molecule has 1 aromatic heterocycles. The van der Waals surface area contributed by atoms with Gasteiger partial charge in [0.25, 0.3) is 5.91 Å². The number of aromatic nitrogens is 1. The van der Waals surface area contributed by atoms with Crippen molar-refractivity contribution in [2.75, 3.05) is 0 Å². The number of nitrogens with one attached hydrogen (secondary N) is 1. The van der Waals surface area contributed by atoms with Gasteiger partial charge >= 0.3 is 0 Å². The van der Waals surface area contributed by atoms with E-state index in [0.717, 1.165) is 23.6 Å². The lowest BCUT2D eigenvalue weighted by molar-refractivity contribution is 0.0927. The van der Waals surface area contributed by atoms with Crippen molar-refractivity contribution in [3.05, 3.63) is 59.8 Å². The Morgan fingerprint density at radius 2 is 1.87 bits per heavy atom. The van der Waals surface area contributed by atoms with Crippen LogP contribution in [-0.4, -0.2) is 16.9 Å². The van der Waals surface area contributed by atoms with Gasteiger partial charge in [0.2, 0.25) is 0 Å². The molecule has 0 saturated heterocycles. The van der Waals surface area contributed by atoms with Crippen LogP contribution < -0.4 is 5.32 Å². The largest absolute Gasteiger partial charge is 0.349 e. The van der Waals surface area contributed by atoms with Crippen LogP contribution in [0.15, 0.2) is 53.7 Å². The van der Waals surface area contributed by atoms with E-state index >= 15 is 0 Å². The molecule has 23 heavy (non-hydrogen) atoms. The van der Waals surface area contributed by atoms with E-state index in [2.05, 4.69) is 22.4 Å². The lowest BCUT2D eigenvalue weighted by Gasteiger charge is -2.22. The Morgan fingerprint density at radius 3 is 2.57 bits per heavy atom. The number of rotatable bonds is 5. The molecule has 3 rings (SSSR count). The van der Waals surface area contributed by atoms with Crippen molar-refractivity contribution >= 4 is 17.7 Å². The Balaban J connectivity index is 1.52. The van der Waals surface area contributed by atoms with Crippen LogP contribution >= 0.6 is 11.8 Å². The molecular formula is C19H22N2OS. The van der Waals surface area contributed by atoms with Gasteiger partial charge in [0.1, 0.15) is 0 Å². The molecule has 1 aromatic carbocycles. The Bertz CT molecular complexity index is 622. The van der Waals surface area contributed by atoms with Crippen molar-refractivity contribution in [3.63, 3.8) is 0 Å². The zero-order chi connectivity index (χ0) is 15.9. The fourth-order valence-corrected chi connectivity index (χ4v) is 3.65. The van der Waals surface area contributed by atoms with Gasteiger partial charge in [-0.05, 0) is 30.5 Å². The van der Waals surface area contributed by atoms with Gasteiger partial charge in [-0.2, -0.15) is 0 Å². The minimum absolute atomic E-state index is 0.00371. The summed E-state index contributed by atoms with van der Waals surface area (Å²) in [5.74, 6) is 0.894. The van der Waals surface area contributed by atoms with Gasteiger partial charge < -0.3 is 5.32 Å². The molecule has 1 N–H and O–H groups in total. The molecule has 4 heteroatoms. The van der Waals surface area contributed by atoms with Gasteiger partial charge in [-0.3, -0.25) is 4.79 Å². The molecular weight excluding hydrogens is 304 g/mol. The number of thioether (sulfide) groups is 1.